The van der Waals surface area contributed by atoms with Gasteiger partial charge in [-0.1, -0.05) is 11.6 Å². The topological polar surface area (TPSA) is 67.8 Å². The third-order valence-electron chi connectivity index (χ3n) is 2.76. The number of anilines is 1. The van der Waals surface area contributed by atoms with Gasteiger partial charge in [0.05, 0.1) is 24.9 Å². The quantitative estimate of drug-likeness (QED) is 0.809. The van der Waals surface area contributed by atoms with Gasteiger partial charge in [0, 0.05) is 11.0 Å². The molecule has 0 aromatic heterocycles. The Morgan fingerprint density at radius 3 is 2.36 bits per heavy atom. The third-order valence-corrected chi connectivity index (χ3v) is 3.85. The lowest BCUT2D eigenvalue weighted by molar-refractivity contribution is 0.269. The van der Waals surface area contributed by atoms with Crippen molar-refractivity contribution in [2.75, 3.05) is 19.5 Å². The van der Waals surface area contributed by atoms with Crippen LogP contribution in [-0.4, -0.2) is 24.6 Å². The zero-order valence-corrected chi connectivity index (χ0v) is 13.5. The maximum Gasteiger partial charge on any atom is 0.288 e. The van der Waals surface area contributed by atoms with E-state index >= 15 is 0 Å². The molecule has 2 N–H and O–H groups in total. The van der Waals surface area contributed by atoms with Crippen LogP contribution >= 0.6 is 23.4 Å². The Hall–Kier alpha value is -2.05. The van der Waals surface area contributed by atoms with Crippen molar-refractivity contribution in [3.8, 4) is 17.2 Å². The van der Waals surface area contributed by atoms with Gasteiger partial charge < -0.3 is 19.9 Å². The van der Waals surface area contributed by atoms with Crippen LogP contribution in [0.4, 0.5) is 10.5 Å². The Bertz CT molecular complexity index is 676. The van der Waals surface area contributed by atoms with E-state index in [9.17, 15) is 9.90 Å². The van der Waals surface area contributed by atoms with E-state index in [2.05, 4.69) is 5.32 Å². The summed E-state index contributed by atoms with van der Waals surface area (Å²) in [6.45, 7) is 0. The van der Waals surface area contributed by atoms with Crippen LogP contribution in [0.3, 0.4) is 0 Å². The van der Waals surface area contributed by atoms with E-state index in [0.717, 1.165) is 11.8 Å². The van der Waals surface area contributed by atoms with Gasteiger partial charge in [0.1, 0.15) is 17.2 Å². The summed E-state index contributed by atoms with van der Waals surface area (Å²) < 4.78 is 10.3. The number of hydrogen-bond donors (Lipinski definition) is 2. The van der Waals surface area contributed by atoms with Crippen molar-refractivity contribution >= 4 is 34.3 Å². The first-order valence-corrected chi connectivity index (χ1v) is 7.42. The van der Waals surface area contributed by atoms with Crippen molar-refractivity contribution < 1.29 is 19.4 Å². The third kappa shape index (κ3) is 3.99. The van der Waals surface area contributed by atoms with Crippen molar-refractivity contribution in [1.82, 2.24) is 0 Å². The van der Waals surface area contributed by atoms with E-state index in [-0.39, 0.29) is 11.0 Å². The first kappa shape index (κ1) is 16.3. The molecule has 0 radical (unpaired) electrons. The fourth-order valence-corrected chi connectivity index (χ4v) is 2.60. The number of benzene rings is 2. The van der Waals surface area contributed by atoms with Gasteiger partial charge in [-0.05, 0) is 42.1 Å². The molecule has 7 heteroatoms. The number of rotatable bonds is 4. The molecule has 0 fully saturated rings. The highest BCUT2D eigenvalue weighted by atomic mass is 35.5. The largest absolute Gasteiger partial charge is 0.508 e. The number of nitrogens with one attached hydrogen (secondary N) is 1. The summed E-state index contributed by atoms with van der Waals surface area (Å²) in [4.78, 5) is 12.8. The van der Waals surface area contributed by atoms with Gasteiger partial charge in [0.25, 0.3) is 5.24 Å². The number of hydrogen-bond acceptors (Lipinski definition) is 5. The molecule has 0 bridgehead atoms. The average molecular weight is 340 g/mol. The zero-order chi connectivity index (χ0) is 16.1. The van der Waals surface area contributed by atoms with E-state index < -0.39 is 0 Å². The lowest BCUT2D eigenvalue weighted by Crippen LogP contribution is -2.06. The summed E-state index contributed by atoms with van der Waals surface area (Å²) >= 11 is 7.04. The minimum atomic E-state index is -0.301. The summed E-state index contributed by atoms with van der Waals surface area (Å²) in [6, 6.07) is 9.49. The molecule has 0 saturated carbocycles. The number of carbonyl (C=O) groups excluding carboxylic acids is 1. The lowest BCUT2D eigenvalue weighted by Gasteiger charge is -2.12. The van der Waals surface area contributed by atoms with Crippen molar-refractivity contribution in [2.45, 2.75) is 4.90 Å². The predicted octanol–water partition coefficient (Wildman–Crippen LogP) is 4.39. The smallest absolute Gasteiger partial charge is 0.288 e. The lowest BCUT2D eigenvalue weighted by atomic mass is 10.2. The van der Waals surface area contributed by atoms with Crippen LogP contribution in [-0.2, 0) is 0 Å². The van der Waals surface area contributed by atoms with Crippen LogP contribution < -0.4 is 14.8 Å². The van der Waals surface area contributed by atoms with Crippen molar-refractivity contribution in [3.63, 3.8) is 0 Å². The van der Waals surface area contributed by atoms with Gasteiger partial charge in [-0.2, -0.15) is 0 Å². The van der Waals surface area contributed by atoms with Gasteiger partial charge in [-0.15, -0.1) is 0 Å². The number of amides is 1. The second-order valence-corrected chi connectivity index (χ2v) is 5.65. The molecule has 2 rings (SSSR count). The van der Waals surface area contributed by atoms with Crippen LogP contribution in [0.5, 0.6) is 17.2 Å². The summed E-state index contributed by atoms with van der Waals surface area (Å²) in [6.07, 6.45) is 0. The molecule has 0 heterocycles. The molecule has 0 aliphatic heterocycles. The molecule has 0 spiro atoms. The Kier molecular flexibility index (Phi) is 5.41. The fraction of sp³-hybridized carbons (Fsp3) is 0.133. The summed E-state index contributed by atoms with van der Waals surface area (Å²) in [5, 5.41) is 12.0. The van der Waals surface area contributed by atoms with E-state index in [1.807, 2.05) is 0 Å². The van der Waals surface area contributed by atoms with Crippen LogP contribution in [0.1, 0.15) is 0 Å². The summed E-state index contributed by atoms with van der Waals surface area (Å²) in [5.74, 6) is 1.05. The molecule has 5 nitrogen and oxygen atoms in total. The number of thioether (sulfide) groups is 1. The molecular weight excluding hydrogens is 326 g/mol. The molecule has 1 amide bonds. The van der Waals surface area contributed by atoms with Crippen LogP contribution in [0.25, 0.3) is 0 Å². The van der Waals surface area contributed by atoms with Gasteiger partial charge in [-0.3, -0.25) is 4.79 Å². The molecule has 0 aliphatic rings. The Labute approximate surface area is 137 Å². The average Bonchev–Trinajstić information content (AvgIpc) is 2.50. The molecule has 0 atom stereocenters. The fourth-order valence-electron chi connectivity index (χ4n) is 1.71. The Morgan fingerprint density at radius 2 is 1.77 bits per heavy atom. The first-order valence-electron chi connectivity index (χ1n) is 6.23. The number of phenolic OH excluding ortho intramolecular Hbond substituents is 1. The first-order chi connectivity index (χ1) is 10.5. The van der Waals surface area contributed by atoms with Crippen molar-refractivity contribution in [2.24, 2.45) is 0 Å². The van der Waals surface area contributed by atoms with Crippen LogP contribution in [0, 0.1) is 0 Å². The van der Waals surface area contributed by atoms with Gasteiger partial charge in [-0.25, -0.2) is 0 Å². The molecule has 2 aromatic carbocycles. The molecule has 0 saturated heterocycles. The maximum absolute atomic E-state index is 12.1. The molecule has 116 valence electrons. The highest BCUT2D eigenvalue weighted by Gasteiger charge is 2.13. The van der Waals surface area contributed by atoms with Gasteiger partial charge in [0.2, 0.25) is 0 Å². The van der Waals surface area contributed by atoms with Gasteiger partial charge >= 0.3 is 0 Å². The van der Waals surface area contributed by atoms with Gasteiger partial charge in [0.15, 0.2) is 0 Å². The van der Waals surface area contributed by atoms with E-state index in [4.69, 9.17) is 21.1 Å². The Balaban J connectivity index is 2.14. The number of carbonyl (C=O) groups is 1. The zero-order valence-electron chi connectivity index (χ0n) is 11.9. The maximum atomic E-state index is 12.1. The van der Waals surface area contributed by atoms with E-state index in [1.165, 1.54) is 26.4 Å². The number of ether oxygens (including phenoxy) is 2. The van der Waals surface area contributed by atoms with E-state index in [0.29, 0.717) is 27.1 Å². The predicted molar refractivity (Wildman–Crippen MR) is 87.5 cm³/mol. The van der Waals surface area contributed by atoms with E-state index in [1.54, 1.807) is 24.3 Å². The minimum Gasteiger partial charge on any atom is -0.508 e. The SMILES string of the molecule is COc1cc(OC)c(NC(=O)Sc2ccc(O)cc2)cc1Cl. The second kappa shape index (κ2) is 7.29. The summed E-state index contributed by atoms with van der Waals surface area (Å²) in [7, 11) is 2.99. The molecular formula is C15H14ClNO4S. The minimum absolute atomic E-state index is 0.147. The normalized spacial score (nSPS) is 10.1. The molecule has 0 aliphatic carbocycles. The molecule has 0 unspecified atom stereocenters. The van der Waals surface area contributed by atoms with Crippen molar-refractivity contribution in [1.29, 1.82) is 0 Å². The Morgan fingerprint density at radius 1 is 1.14 bits per heavy atom. The monoisotopic (exact) mass is 339 g/mol. The standard InChI is InChI=1S/C15H14ClNO4S/c1-20-13-8-14(21-2)12(7-11(13)16)17-15(19)22-10-5-3-9(18)4-6-10/h3-8,18H,1-2H3,(H,17,19). The van der Waals surface area contributed by atoms with Crippen LogP contribution in [0.2, 0.25) is 5.02 Å². The second-order valence-electron chi connectivity index (χ2n) is 4.20. The number of phenols is 1. The van der Waals surface area contributed by atoms with Crippen molar-refractivity contribution in [3.05, 3.63) is 41.4 Å². The number of halogens is 1. The van der Waals surface area contributed by atoms with Crippen LogP contribution in [0.15, 0.2) is 41.3 Å². The summed E-state index contributed by atoms with van der Waals surface area (Å²) in [5.41, 5.74) is 0.449. The highest BCUT2D eigenvalue weighted by Crippen LogP contribution is 2.36. The highest BCUT2D eigenvalue weighted by molar-refractivity contribution is 8.13. The molecule has 22 heavy (non-hydrogen) atoms. The molecule has 2 aromatic rings. The number of aromatic hydroxyl groups is 1. The number of methoxy groups -OCH3 is 2.